The highest BCUT2D eigenvalue weighted by molar-refractivity contribution is 7.99. The number of fused-ring (bicyclic) bond motifs is 1. The van der Waals surface area contributed by atoms with Crippen molar-refractivity contribution < 1.29 is 33.3 Å². The Morgan fingerprint density at radius 1 is 0.634 bits per heavy atom. The molecule has 6 rings (SSSR count). The van der Waals surface area contributed by atoms with Crippen LogP contribution in [0.3, 0.4) is 0 Å². The van der Waals surface area contributed by atoms with Gasteiger partial charge in [-0.05, 0) is 36.4 Å². The molecule has 0 spiro atoms. The van der Waals surface area contributed by atoms with Gasteiger partial charge in [-0.3, -0.25) is 0 Å². The number of benzene rings is 4. The van der Waals surface area contributed by atoms with Gasteiger partial charge in [0.15, 0.2) is 18.5 Å². The Hall–Kier alpha value is -3.95. The largest absolute Gasteiger partial charge is 0.452 e. The molecule has 4 aromatic rings. The maximum atomic E-state index is 13.4. The predicted octanol–water partition coefficient (Wildman–Crippen LogP) is 6.07. The number of hydrogen-bond donors (Lipinski definition) is 0. The summed E-state index contributed by atoms with van der Waals surface area (Å²) in [4.78, 5) is 27.7. The zero-order valence-corrected chi connectivity index (χ0v) is 22.8. The van der Waals surface area contributed by atoms with Crippen LogP contribution in [0.25, 0.3) is 0 Å². The van der Waals surface area contributed by atoms with Crippen molar-refractivity contribution in [1.82, 2.24) is 0 Å². The normalized spacial score (nSPS) is 25.5. The summed E-state index contributed by atoms with van der Waals surface area (Å²) in [5.74, 6) is -1.10. The van der Waals surface area contributed by atoms with Crippen LogP contribution >= 0.6 is 11.8 Å². The van der Waals surface area contributed by atoms with E-state index in [1.54, 1.807) is 48.5 Å². The molecule has 1 unspecified atom stereocenters. The molecule has 6 atom stereocenters. The molecule has 0 N–H and O–H groups in total. The van der Waals surface area contributed by atoms with Gasteiger partial charge >= 0.3 is 11.9 Å². The van der Waals surface area contributed by atoms with Gasteiger partial charge in [0.25, 0.3) is 0 Å². The lowest BCUT2D eigenvalue weighted by atomic mass is 9.98. The molecule has 0 aliphatic carbocycles. The fourth-order valence-electron chi connectivity index (χ4n) is 4.85. The van der Waals surface area contributed by atoms with Crippen LogP contribution in [0.4, 0.5) is 0 Å². The van der Waals surface area contributed by atoms with Crippen LogP contribution in [0.2, 0.25) is 0 Å². The summed E-state index contributed by atoms with van der Waals surface area (Å²) in [7, 11) is 0. The molecule has 7 nitrogen and oxygen atoms in total. The molecule has 2 fully saturated rings. The minimum absolute atomic E-state index is 0.203. The number of esters is 2. The van der Waals surface area contributed by atoms with E-state index in [4.69, 9.17) is 23.7 Å². The standard InChI is InChI=1S/C33H28O7S/c34-30(22-13-5-1-6-14-22)38-28-27-26(21-36-32(40-27)24-17-9-3-10-18-24)37-33(41-25-19-11-4-12-20-25)29(28)39-31(35)23-15-7-2-8-16-23/h1-20,26-29,32-33H,21H2/t26-,27+,28+,29-,32?,33+/m1/s1. The first kappa shape index (κ1) is 27.2. The van der Waals surface area contributed by atoms with Crippen molar-refractivity contribution >= 4 is 23.7 Å². The first-order chi connectivity index (χ1) is 20.2. The van der Waals surface area contributed by atoms with Crippen LogP contribution in [-0.2, 0) is 23.7 Å². The van der Waals surface area contributed by atoms with Gasteiger partial charge in [0.2, 0.25) is 0 Å². The van der Waals surface area contributed by atoms with Crippen LogP contribution < -0.4 is 0 Å². The lowest BCUT2D eigenvalue weighted by Gasteiger charge is -2.48. The molecule has 0 saturated carbocycles. The number of ether oxygens (including phenoxy) is 5. The van der Waals surface area contributed by atoms with E-state index in [0.29, 0.717) is 11.1 Å². The summed E-state index contributed by atoms with van der Waals surface area (Å²) >= 11 is 1.39. The highest BCUT2D eigenvalue weighted by Gasteiger charge is 2.54. The third-order valence-electron chi connectivity index (χ3n) is 6.86. The molecular formula is C33H28O7S. The average molecular weight is 569 g/mol. The summed E-state index contributed by atoms with van der Waals surface area (Å²) in [6, 6.07) is 36.6. The maximum absolute atomic E-state index is 13.4. The van der Waals surface area contributed by atoms with Gasteiger partial charge in [0.05, 0.1) is 17.7 Å². The van der Waals surface area contributed by atoms with Gasteiger partial charge < -0.3 is 23.7 Å². The number of thioether (sulfide) groups is 1. The molecule has 8 heteroatoms. The zero-order valence-electron chi connectivity index (χ0n) is 22.0. The molecule has 0 amide bonds. The maximum Gasteiger partial charge on any atom is 0.338 e. The van der Waals surface area contributed by atoms with E-state index in [9.17, 15) is 9.59 Å². The molecule has 0 radical (unpaired) electrons. The summed E-state index contributed by atoms with van der Waals surface area (Å²) in [5.41, 5.74) is 0.863. The fourth-order valence-corrected chi connectivity index (χ4v) is 5.97. The van der Waals surface area contributed by atoms with Gasteiger partial charge in [-0.2, -0.15) is 0 Å². The van der Waals surface area contributed by atoms with Crippen molar-refractivity contribution in [3.8, 4) is 0 Å². The number of hydrogen-bond acceptors (Lipinski definition) is 8. The first-order valence-corrected chi connectivity index (χ1v) is 14.2. The van der Waals surface area contributed by atoms with Gasteiger partial charge in [-0.25, -0.2) is 9.59 Å². The molecule has 0 aromatic heterocycles. The predicted molar refractivity (Wildman–Crippen MR) is 152 cm³/mol. The fraction of sp³-hybridized carbons (Fsp3) is 0.212. The van der Waals surface area contributed by atoms with E-state index in [1.807, 2.05) is 72.8 Å². The molecule has 41 heavy (non-hydrogen) atoms. The third kappa shape index (κ3) is 6.36. The van der Waals surface area contributed by atoms with Crippen LogP contribution in [0, 0.1) is 0 Å². The van der Waals surface area contributed by atoms with Crippen LogP contribution in [0.1, 0.15) is 32.6 Å². The Kier molecular flexibility index (Phi) is 8.44. The summed E-state index contributed by atoms with van der Waals surface area (Å²) < 4.78 is 31.2. The topological polar surface area (TPSA) is 80.3 Å². The molecule has 4 aromatic carbocycles. The summed E-state index contributed by atoms with van der Waals surface area (Å²) in [6.45, 7) is 0.203. The van der Waals surface area contributed by atoms with Crippen LogP contribution in [0.5, 0.6) is 0 Å². The molecule has 2 heterocycles. The first-order valence-electron chi connectivity index (χ1n) is 13.4. The minimum atomic E-state index is -0.989. The number of carbonyl (C=O) groups excluding carboxylic acids is 2. The lowest BCUT2D eigenvalue weighted by Crippen LogP contribution is -2.63. The zero-order chi connectivity index (χ0) is 28.0. The third-order valence-corrected chi connectivity index (χ3v) is 8.01. The van der Waals surface area contributed by atoms with Gasteiger partial charge in [-0.15, -0.1) is 0 Å². The second-order valence-electron chi connectivity index (χ2n) is 9.62. The number of carbonyl (C=O) groups is 2. The van der Waals surface area contributed by atoms with Gasteiger partial charge in [0.1, 0.15) is 17.6 Å². The second-order valence-corrected chi connectivity index (χ2v) is 10.8. The Labute approximate surface area is 242 Å². The van der Waals surface area contributed by atoms with E-state index < -0.39 is 48.1 Å². The average Bonchev–Trinajstić information content (AvgIpc) is 3.04. The lowest BCUT2D eigenvalue weighted by molar-refractivity contribution is -0.317. The molecule has 2 aliphatic rings. The SMILES string of the molecule is O=C(O[C@H]1[C@H]2OC(c3ccccc3)OC[C@H]2O[C@@H](Sc2ccccc2)[C@@H]1OC(=O)c1ccccc1)c1ccccc1. The summed E-state index contributed by atoms with van der Waals surface area (Å²) in [6.07, 6.45) is -4.01. The molecular weight excluding hydrogens is 540 g/mol. The van der Waals surface area contributed by atoms with Crippen molar-refractivity contribution in [1.29, 1.82) is 0 Å². The van der Waals surface area contributed by atoms with Crippen molar-refractivity contribution in [2.24, 2.45) is 0 Å². The number of rotatable bonds is 7. The molecule has 0 bridgehead atoms. The van der Waals surface area contributed by atoms with Crippen molar-refractivity contribution in [3.63, 3.8) is 0 Å². The monoisotopic (exact) mass is 568 g/mol. The van der Waals surface area contributed by atoms with E-state index >= 15 is 0 Å². The van der Waals surface area contributed by atoms with E-state index in [2.05, 4.69) is 0 Å². The van der Waals surface area contributed by atoms with Gasteiger partial charge in [0, 0.05) is 10.5 Å². The Morgan fingerprint density at radius 3 is 1.73 bits per heavy atom. The van der Waals surface area contributed by atoms with Crippen LogP contribution in [0.15, 0.2) is 126 Å². The van der Waals surface area contributed by atoms with Crippen LogP contribution in [-0.4, -0.2) is 48.4 Å². The highest BCUT2D eigenvalue weighted by atomic mass is 32.2. The van der Waals surface area contributed by atoms with E-state index in [1.165, 1.54) is 11.8 Å². The highest BCUT2D eigenvalue weighted by Crippen LogP contribution is 2.41. The molecule has 208 valence electrons. The quantitative estimate of drug-likeness (QED) is 0.249. The minimum Gasteiger partial charge on any atom is -0.452 e. The second kappa shape index (κ2) is 12.7. The molecule has 2 aliphatic heterocycles. The van der Waals surface area contributed by atoms with E-state index in [0.717, 1.165) is 10.5 Å². The Morgan fingerprint density at radius 2 is 1.15 bits per heavy atom. The Bertz CT molecular complexity index is 1440. The molecule has 2 saturated heterocycles. The van der Waals surface area contributed by atoms with Crippen molar-refractivity contribution in [2.45, 2.75) is 41.0 Å². The smallest absolute Gasteiger partial charge is 0.338 e. The van der Waals surface area contributed by atoms with Gasteiger partial charge in [-0.1, -0.05) is 96.7 Å². The van der Waals surface area contributed by atoms with Crippen molar-refractivity contribution in [2.75, 3.05) is 6.61 Å². The summed E-state index contributed by atoms with van der Waals surface area (Å²) in [5, 5.41) is 0. The Balaban J connectivity index is 1.36. The van der Waals surface area contributed by atoms with E-state index in [-0.39, 0.29) is 6.61 Å². The van der Waals surface area contributed by atoms with Crippen molar-refractivity contribution in [3.05, 3.63) is 138 Å².